The molecule has 0 aliphatic heterocycles. The Morgan fingerprint density at radius 2 is 0.657 bits per heavy atom. The van der Waals surface area contributed by atoms with Crippen LogP contribution in [0.4, 0.5) is 0 Å². The highest BCUT2D eigenvalue weighted by Crippen LogP contribution is 2.23. The van der Waals surface area contributed by atoms with Crippen molar-refractivity contribution < 1.29 is 48.6 Å². The summed E-state index contributed by atoms with van der Waals surface area (Å²) in [5.74, 6) is -4.65. The van der Waals surface area contributed by atoms with E-state index in [4.69, 9.17) is 33.4 Å². The monoisotopic (exact) mass is 998 g/mol. The molecule has 0 bridgehead atoms. The molecule has 0 aliphatic carbocycles. The van der Waals surface area contributed by atoms with Crippen molar-refractivity contribution in [3.63, 3.8) is 0 Å². The summed E-state index contributed by atoms with van der Waals surface area (Å²) < 4.78 is 0. The zero-order chi connectivity index (χ0) is 53.2. The zero-order valence-corrected chi connectivity index (χ0v) is 43.9. The highest BCUT2D eigenvalue weighted by Gasteiger charge is 2.26. The average Bonchev–Trinajstić information content (AvgIpc) is 3.33. The number of hydrogen-bond acceptors (Lipinski definition) is 8. The van der Waals surface area contributed by atoms with Crippen molar-refractivity contribution >= 4 is 74.8 Å². The van der Waals surface area contributed by atoms with Gasteiger partial charge < -0.3 is 10.2 Å². The Bertz CT molecular complexity index is 2080. The minimum atomic E-state index is -1.38. The summed E-state index contributed by atoms with van der Waals surface area (Å²) in [6, 6.07) is 31.3. The second kappa shape index (κ2) is 32.1. The van der Waals surface area contributed by atoms with E-state index >= 15 is 0 Å². The van der Waals surface area contributed by atoms with Gasteiger partial charge in [0, 0.05) is 0 Å². The molecule has 0 heterocycles. The zero-order valence-electron chi connectivity index (χ0n) is 42.4. The number of carbonyl (C=O) groups excluding carboxylic acids is 6. The Labute approximate surface area is 425 Å². The predicted molar refractivity (Wildman–Crippen MR) is 280 cm³/mol. The van der Waals surface area contributed by atoms with Crippen LogP contribution in [0.1, 0.15) is 151 Å². The van der Waals surface area contributed by atoms with Crippen LogP contribution in [0.2, 0.25) is 0 Å². The number of rotatable bonds is 23. The second-order valence-electron chi connectivity index (χ2n) is 17.9. The molecule has 0 amide bonds. The van der Waals surface area contributed by atoms with Gasteiger partial charge in [-0.25, -0.2) is 0 Å². The van der Waals surface area contributed by atoms with Crippen molar-refractivity contribution in [3.05, 3.63) is 148 Å². The third-order valence-electron chi connectivity index (χ3n) is 12.6. The molecule has 0 aromatic heterocycles. The highest BCUT2D eigenvalue weighted by molar-refractivity contribution is 6.73. The van der Waals surface area contributed by atoms with Gasteiger partial charge in [0.2, 0.25) is 10.5 Å². The Morgan fingerprint density at radius 1 is 0.429 bits per heavy atom. The minimum absolute atomic E-state index is 0.0193. The van der Waals surface area contributed by atoms with Gasteiger partial charge in [-0.1, -0.05) is 151 Å². The largest absolute Gasteiger partial charge is 0.481 e. The van der Waals surface area contributed by atoms with Crippen LogP contribution >= 0.6 is 23.2 Å². The van der Waals surface area contributed by atoms with E-state index in [1.54, 1.807) is 18.2 Å². The van der Waals surface area contributed by atoms with Gasteiger partial charge in [0.1, 0.15) is 29.1 Å². The average molecular weight is 1000 g/mol. The lowest BCUT2D eigenvalue weighted by atomic mass is 9.91. The molecule has 70 heavy (non-hydrogen) atoms. The van der Waals surface area contributed by atoms with Gasteiger partial charge in [-0.15, -0.1) is 0 Å². The second-order valence-corrected chi connectivity index (χ2v) is 18.6. The Morgan fingerprint density at radius 3 is 0.857 bits per heavy atom. The summed E-state index contributed by atoms with van der Waals surface area (Å²) in [5, 5.41) is 16.2. The minimum Gasteiger partial charge on any atom is -0.481 e. The predicted octanol–water partition coefficient (Wildman–Crippen LogP) is 12.6. The third-order valence-corrected chi connectivity index (χ3v) is 13.1. The van der Waals surface area contributed by atoms with E-state index in [0.29, 0.717) is 30.6 Å². The fraction of sp³-hybridized carbons (Fsp3) is 0.414. The summed E-state index contributed by atoms with van der Waals surface area (Å²) in [6.07, 6.45) is 6.26. The van der Waals surface area contributed by atoms with E-state index in [1.807, 2.05) is 72.8 Å². The van der Waals surface area contributed by atoms with E-state index in [2.05, 4.69) is 60.3 Å². The summed E-state index contributed by atoms with van der Waals surface area (Å²) >= 11 is 10.7. The number of carboxylic acid groups (broad SMARTS) is 2. The molecule has 378 valence electrons. The van der Waals surface area contributed by atoms with Crippen LogP contribution in [0.5, 0.6) is 0 Å². The van der Waals surface area contributed by atoms with Crippen molar-refractivity contribution in [2.24, 2.45) is 23.7 Å². The van der Waals surface area contributed by atoms with Crippen LogP contribution in [0, 0.1) is 23.7 Å². The maximum Gasteiger partial charge on any atom is 0.318 e. The molecule has 4 aromatic carbocycles. The number of hydrogen-bond donors (Lipinski definition) is 2. The van der Waals surface area contributed by atoms with Crippen molar-refractivity contribution in [1.82, 2.24) is 0 Å². The van der Waals surface area contributed by atoms with Gasteiger partial charge in [0.15, 0.2) is 5.92 Å². The quantitative estimate of drug-likeness (QED) is 0.0537. The number of aliphatic carboxylic acids is 2. The Balaban J connectivity index is 0.000000467. The van der Waals surface area contributed by atoms with Gasteiger partial charge in [-0.3, -0.25) is 38.4 Å². The molecule has 0 spiro atoms. The van der Waals surface area contributed by atoms with Crippen molar-refractivity contribution in [1.29, 1.82) is 0 Å². The number of halogens is 2. The molecule has 12 heteroatoms. The number of carbonyl (C=O) groups is 8. The SMILES string of the molecule is C=Cc1ccc(CC(C(C)=O)C(C)=O)cc1.CCC(C)c1ccc(CC(C(=O)Cl)C(=O)Cl)cc1.CCC(C)c1ccc(CC(C(=O)O)C(=O)O)cc1.CCC(C)c1ccc(CC(C(C)=O)C(C)=O)cc1. The topological polar surface area (TPSA) is 177 Å². The first kappa shape index (κ1) is 62.2. The smallest absolute Gasteiger partial charge is 0.318 e. The Hall–Kier alpha value is -5.84. The molecule has 3 atom stereocenters. The van der Waals surface area contributed by atoms with Gasteiger partial charge in [0.25, 0.3) is 0 Å². The molecule has 3 unspecified atom stereocenters. The number of Topliss-reactive ketones (excluding diaryl/α,β-unsaturated/α-hetero) is 4. The highest BCUT2D eigenvalue weighted by atomic mass is 35.5. The Kier molecular flexibility index (Phi) is 28.5. The van der Waals surface area contributed by atoms with Crippen LogP contribution in [-0.2, 0) is 64.0 Å². The van der Waals surface area contributed by atoms with Crippen LogP contribution < -0.4 is 0 Å². The molecule has 2 N–H and O–H groups in total. The van der Waals surface area contributed by atoms with Crippen LogP contribution in [0.15, 0.2) is 104 Å². The molecule has 10 nitrogen and oxygen atoms in total. The lowest BCUT2D eigenvalue weighted by molar-refractivity contribution is -0.154. The van der Waals surface area contributed by atoms with Gasteiger partial charge >= 0.3 is 11.9 Å². The van der Waals surface area contributed by atoms with Gasteiger partial charge in [-0.05, 0) is 158 Å². The summed E-state index contributed by atoms with van der Waals surface area (Å²) in [7, 11) is 0. The van der Waals surface area contributed by atoms with Gasteiger partial charge in [-0.2, -0.15) is 0 Å². The summed E-state index contributed by atoms with van der Waals surface area (Å²) in [6.45, 7) is 22.4. The molecule has 0 aliphatic rings. The van der Waals surface area contributed by atoms with Crippen LogP contribution in [-0.4, -0.2) is 55.8 Å². The molecular weight excluding hydrogens is 928 g/mol. The van der Waals surface area contributed by atoms with E-state index in [-0.39, 0.29) is 36.0 Å². The van der Waals surface area contributed by atoms with Crippen molar-refractivity contribution in [3.8, 4) is 0 Å². The third kappa shape index (κ3) is 22.3. The first-order valence-corrected chi connectivity index (χ1v) is 24.5. The van der Waals surface area contributed by atoms with E-state index in [0.717, 1.165) is 47.1 Å². The first-order valence-electron chi connectivity index (χ1n) is 23.7. The molecule has 0 radical (unpaired) electrons. The van der Waals surface area contributed by atoms with E-state index in [9.17, 15) is 38.4 Å². The van der Waals surface area contributed by atoms with E-state index in [1.165, 1.54) is 44.4 Å². The fourth-order valence-electron chi connectivity index (χ4n) is 7.06. The fourth-order valence-corrected chi connectivity index (χ4v) is 7.47. The van der Waals surface area contributed by atoms with Crippen LogP contribution in [0.3, 0.4) is 0 Å². The molecule has 4 rings (SSSR count). The summed E-state index contributed by atoms with van der Waals surface area (Å²) in [5.41, 5.74) is 8.44. The first-order chi connectivity index (χ1) is 32.9. The lowest BCUT2D eigenvalue weighted by Crippen LogP contribution is -2.25. The summed E-state index contributed by atoms with van der Waals surface area (Å²) in [4.78, 5) is 89.0. The maximum atomic E-state index is 11.4. The van der Waals surface area contributed by atoms with E-state index < -0.39 is 46.1 Å². The molecule has 0 saturated heterocycles. The molecular formula is C58H72Cl2O10. The van der Waals surface area contributed by atoms with Crippen LogP contribution in [0.25, 0.3) is 6.08 Å². The maximum absolute atomic E-state index is 11.4. The molecule has 0 fully saturated rings. The van der Waals surface area contributed by atoms with Gasteiger partial charge in [0.05, 0.1) is 11.8 Å². The number of benzene rings is 4. The number of carboxylic acids is 2. The standard InChI is InChI=1S/C16H22O2.C14H16Cl2O2.C14H18O4.C14H16O2/c1-5-11(2)15-8-6-14(7-9-15)10-16(12(3)17)13(4)18;1-3-9(2)11-6-4-10(5-7-11)8-12(13(15)17)14(16)18;1-3-9(2)11-6-4-10(5-7-11)8-12(13(15)16)14(17)18;1-4-12-5-7-13(8-6-12)9-14(10(2)15)11(3)16/h6-9,11,16H,5,10H2,1-4H3;4-7,9,12H,3,8H2,1-2H3;4-7,9,12H,3,8H2,1-2H3,(H,15,16)(H,17,18);4-8,14H,1,9H2,2-3H3. The van der Waals surface area contributed by atoms with Crippen molar-refractivity contribution in [2.45, 2.75) is 132 Å². The van der Waals surface area contributed by atoms with Crippen molar-refractivity contribution in [2.75, 3.05) is 0 Å². The lowest BCUT2D eigenvalue weighted by Gasteiger charge is -2.12. The molecule has 4 aromatic rings. The molecule has 0 saturated carbocycles. The normalized spacial score (nSPS) is 11.9. The number of ketones is 4.